The van der Waals surface area contributed by atoms with Gasteiger partial charge in [-0.2, -0.15) is 0 Å². The van der Waals surface area contributed by atoms with Crippen LogP contribution in [0.5, 0.6) is 0 Å². The van der Waals surface area contributed by atoms with Gasteiger partial charge in [-0.25, -0.2) is 0 Å². The van der Waals surface area contributed by atoms with E-state index in [2.05, 4.69) is 24.2 Å². The van der Waals surface area contributed by atoms with Crippen LogP contribution < -0.4 is 11.1 Å². The minimum Gasteiger partial charge on any atom is -0.374 e. The second kappa shape index (κ2) is 4.62. The van der Waals surface area contributed by atoms with Gasteiger partial charge >= 0.3 is 0 Å². The van der Waals surface area contributed by atoms with E-state index in [1.807, 2.05) is 0 Å². The zero-order valence-electron chi connectivity index (χ0n) is 10.3. The maximum absolute atomic E-state index is 5.87. The molecule has 2 heterocycles. The molecular weight excluding hydrogens is 202 g/mol. The van der Waals surface area contributed by atoms with Crippen molar-refractivity contribution in [3.63, 3.8) is 0 Å². The molecule has 2 rings (SSSR count). The SMILES string of the molecule is CCCNC(N)=NCC1(C)CC2CCC1O2. The standard InChI is InChI=1S/C12H23N3O/c1-3-6-14-11(13)15-8-12(2)7-9-4-5-10(12)16-9/h9-10H,3-8H2,1-2H3,(H3,13,14,15). The predicted octanol–water partition coefficient (Wildman–Crippen LogP) is 1.26. The maximum atomic E-state index is 5.87. The molecule has 16 heavy (non-hydrogen) atoms. The lowest BCUT2D eigenvalue weighted by atomic mass is 9.76. The Labute approximate surface area is 97.6 Å². The molecule has 0 saturated carbocycles. The van der Waals surface area contributed by atoms with Crippen molar-refractivity contribution < 1.29 is 4.74 Å². The van der Waals surface area contributed by atoms with Gasteiger partial charge in [0.2, 0.25) is 0 Å². The molecule has 0 amide bonds. The van der Waals surface area contributed by atoms with Crippen LogP contribution in [-0.2, 0) is 4.74 Å². The van der Waals surface area contributed by atoms with E-state index in [1.54, 1.807) is 0 Å². The largest absolute Gasteiger partial charge is 0.374 e. The Kier molecular flexibility index (Phi) is 3.38. The van der Waals surface area contributed by atoms with Crippen LogP contribution in [0.25, 0.3) is 0 Å². The summed E-state index contributed by atoms with van der Waals surface area (Å²) in [6, 6.07) is 0. The third-order valence-corrected chi connectivity index (χ3v) is 3.75. The molecule has 4 heteroatoms. The van der Waals surface area contributed by atoms with Gasteiger partial charge in [-0.3, -0.25) is 4.99 Å². The molecule has 0 radical (unpaired) electrons. The summed E-state index contributed by atoms with van der Waals surface area (Å²) in [6.07, 6.45) is 5.52. The quantitative estimate of drug-likeness (QED) is 0.559. The molecule has 2 aliphatic heterocycles. The molecule has 4 nitrogen and oxygen atoms in total. The second-order valence-electron chi connectivity index (χ2n) is 5.31. The van der Waals surface area contributed by atoms with E-state index in [0.717, 1.165) is 25.9 Å². The summed E-state index contributed by atoms with van der Waals surface area (Å²) < 4.78 is 5.87. The fourth-order valence-electron chi connectivity index (χ4n) is 2.76. The van der Waals surface area contributed by atoms with Gasteiger partial charge in [-0.05, 0) is 25.7 Å². The van der Waals surface area contributed by atoms with Crippen molar-refractivity contribution in [3.8, 4) is 0 Å². The average Bonchev–Trinajstić information content (AvgIpc) is 2.83. The fraction of sp³-hybridized carbons (Fsp3) is 0.917. The highest BCUT2D eigenvalue weighted by atomic mass is 16.5. The zero-order valence-corrected chi connectivity index (χ0v) is 10.3. The zero-order chi connectivity index (χ0) is 11.6. The summed E-state index contributed by atoms with van der Waals surface area (Å²) in [5.74, 6) is 0.575. The van der Waals surface area contributed by atoms with Crippen LogP contribution in [0.15, 0.2) is 4.99 Å². The maximum Gasteiger partial charge on any atom is 0.188 e. The minimum atomic E-state index is 0.210. The lowest BCUT2D eigenvalue weighted by Crippen LogP contribution is -2.36. The first-order chi connectivity index (χ1) is 7.64. The number of aliphatic imine (C=N–C) groups is 1. The van der Waals surface area contributed by atoms with Gasteiger partial charge in [0.05, 0.1) is 18.8 Å². The molecule has 0 aliphatic carbocycles. The average molecular weight is 225 g/mol. The van der Waals surface area contributed by atoms with Gasteiger partial charge in [0, 0.05) is 12.0 Å². The normalized spacial score (nSPS) is 38.0. The van der Waals surface area contributed by atoms with E-state index in [4.69, 9.17) is 10.5 Å². The summed E-state index contributed by atoms with van der Waals surface area (Å²) in [7, 11) is 0. The highest BCUT2D eigenvalue weighted by molar-refractivity contribution is 5.77. The summed E-state index contributed by atoms with van der Waals surface area (Å²) in [4.78, 5) is 4.44. The molecule has 3 N–H and O–H groups in total. The predicted molar refractivity (Wildman–Crippen MR) is 65.4 cm³/mol. The summed E-state index contributed by atoms with van der Waals surface area (Å²) in [6.45, 7) is 6.07. The summed E-state index contributed by atoms with van der Waals surface area (Å²) in [5.41, 5.74) is 6.00. The number of hydrogen-bond acceptors (Lipinski definition) is 2. The van der Waals surface area contributed by atoms with Crippen LogP contribution in [0.4, 0.5) is 0 Å². The highest BCUT2D eigenvalue weighted by Gasteiger charge is 2.49. The molecule has 3 unspecified atom stereocenters. The van der Waals surface area contributed by atoms with Crippen molar-refractivity contribution in [3.05, 3.63) is 0 Å². The van der Waals surface area contributed by atoms with E-state index in [1.165, 1.54) is 12.8 Å². The van der Waals surface area contributed by atoms with Gasteiger partial charge in [0.15, 0.2) is 5.96 Å². The lowest BCUT2D eigenvalue weighted by Gasteiger charge is -2.29. The lowest BCUT2D eigenvalue weighted by molar-refractivity contribution is 0.0706. The van der Waals surface area contributed by atoms with E-state index in [0.29, 0.717) is 18.2 Å². The third kappa shape index (κ3) is 2.32. The van der Waals surface area contributed by atoms with Crippen molar-refractivity contribution in [1.29, 1.82) is 0 Å². The highest BCUT2D eigenvalue weighted by Crippen LogP contribution is 2.47. The Morgan fingerprint density at radius 2 is 2.38 bits per heavy atom. The molecule has 2 bridgehead atoms. The van der Waals surface area contributed by atoms with Crippen molar-refractivity contribution in [1.82, 2.24) is 5.32 Å². The smallest absolute Gasteiger partial charge is 0.188 e. The minimum absolute atomic E-state index is 0.210. The number of ether oxygens (including phenoxy) is 1. The van der Waals surface area contributed by atoms with Crippen LogP contribution in [0, 0.1) is 5.41 Å². The fourth-order valence-corrected chi connectivity index (χ4v) is 2.76. The van der Waals surface area contributed by atoms with Crippen molar-refractivity contribution in [2.24, 2.45) is 16.1 Å². The first-order valence-corrected chi connectivity index (χ1v) is 6.33. The molecule has 92 valence electrons. The number of nitrogens with one attached hydrogen (secondary N) is 1. The van der Waals surface area contributed by atoms with Crippen LogP contribution in [0.3, 0.4) is 0 Å². The Hall–Kier alpha value is -0.770. The van der Waals surface area contributed by atoms with Crippen LogP contribution in [-0.4, -0.2) is 31.3 Å². The molecular formula is C12H23N3O. The summed E-state index contributed by atoms with van der Waals surface area (Å²) in [5, 5.41) is 3.10. The molecule has 2 fully saturated rings. The number of hydrogen-bond donors (Lipinski definition) is 2. The Balaban J connectivity index is 1.85. The van der Waals surface area contributed by atoms with Gasteiger partial charge in [-0.15, -0.1) is 0 Å². The monoisotopic (exact) mass is 225 g/mol. The first-order valence-electron chi connectivity index (χ1n) is 6.33. The number of nitrogens with two attached hydrogens (primary N) is 1. The Morgan fingerprint density at radius 3 is 2.94 bits per heavy atom. The van der Waals surface area contributed by atoms with Gasteiger partial charge in [-0.1, -0.05) is 13.8 Å². The van der Waals surface area contributed by atoms with E-state index in [9.17, 15) is 0 Å². The number of rotatable bonds is 4. The molecule has 0 aromatic carbocycles. The first kappa shape index (κ1) is 11.7. The van der Waals surface area contributed by atoms with E-state index < -0.39 is 0 Å². The third-order valence-electron chi connectivity index (χ3n) is 3.75. The van der Waals surface area contributed by atoms with Crippen molar-refractivity contribution >= 4 is 5.96 Å². The molecule has 3 atom stereocenters. The van der Waals surface area contributed by atoms with E-state index >= 15 is 0 Å². The molecule has 0 aromatic heterocycles. The Bertz CT molecular complexity index is 279. The Morgan fingerprint density at radius 1 is 1.56 bits per heavy atom. The van der Waals surface area contributed by atoms with Crippen molar-refractivity contribution in [2.75, 3.05) is 13.1 Å². The van der Waals surface area contributed by atoms with Gasteiger partial charge in [0.1, 0.15) is 0 Å². The van der Waals surface area contributed by atoms with Gasteiger partial charge in [0.25, 0.3) is 0 Å². The molecule has 2 saturated heterocycles. The number of guanidine groups is 1. The van der Waals surface area contributed by atoms with Crippen LogP contribution >= 0.6 is 0 Å². The number of fused-ring (bicyclic) bond motifs is 2. The number of nitrogens with zero attached hydrogens (tertiary/aromatic N) is 1. The van der Waals surface area contributed by atoms with E-state index in [-0.39, 0.29) is 5.41 Å². The van der Waals surface area contributed by atoms with Crippen LogP contribution in [0.2, 0.25) is 0 Å². The van der Waals surface area contributed by atoms with Crippen LogP contribution in [0.1, 0.15) is 39.5 Å². The second-order valence-corrected chi connectivity index (χ2v) is 5.31. The summed E-state index contributed by atoms with van der Waals surface area (Å²) >= 11 is 0. The molecule has 0 aromatic rings. The topological polar surface area (TPSA) is 59.6 Å². The molecule has 0 spiro atoms. The molecule has 2 aliphatic rings. The van der Waals surface area contributed by atoms with Crippen molar-refractivity contribution in [2.45, 2.75) is 51.7 Å². The van der Waals surface area contributed by atoms with Gasteiger partial charge < -0.3 is 15.8 Å².